The zero-order chi connectivity index (χ0) is 49.1. The number of methoxy groups -OCH3 is 3. The van der Waals surface area contributed by atoms with E-state index < -0.39 is 57.4 Å². The summed E-state index contributed by atoms with van der Waals surface area (Å²) in [6.07, 6.45) is 7.43. The van der Waals surface area contributed by atoms with E-state index in [-0.39, 0.29) is 17.9 Å². The third-order valence-corrected chi connectivity index (χ3v) is 17.7. The van der Waals surface area contributed by atoms with Gasteiger partial charge in [0.2, 0.25) is 5.60 Å². The number of aliphatic hydroxyl groups is 1. The molecule has 6 aliphatic rings. The van der Waals surface area contributed by atoms with Crippen molar-refractivity contribution in [1.29, 1.82) is 0 Å². The Hall–Kier alpha value is -6.16. The van der Waals surface area contributed by atoms with Crippen LogP contribution in [0, 0.1) is 11.3 Å². The number of piperidine rings is 1. The Kier molecular flexibility index (Phi) is 10.9. The number of carbonyl (C=O) groups excluding carboxylic acids is 4. The Morgan fingerprint density at radius 1 is 0.914 bits per heavy atom. The number of esters is 3. The average molecular weight is 954 g/mol. The maximum Gasteiger partial charge on any atom is 0.344 e. The molecule has 2 aromatic heterocycles. The van der Waals surface area contributed by atoms with E-state index in [9.17, 15) is 19.5 Å². The Bertz CT molecular complexity index is 3000. The third kappa shape index (κ3) is 6.16. The first kappa shape index (κ1) is 46.2. The van der Waals surface area contributed by atoms with Crippen molar-refractivity contribution in [3.05, 3.63) is 107 Å². The largest absolute Gasteiger partial charge is 0.496 e. The van der Waals surface area contributed by atoms with Gasteiger partial charge in [-0.3, -0.25) is 19.3 Å². The zero-order valence-corrected chi connectivity index (χ0v) is 41.1. The van der Waals surface area contributed by atoms with Gasteiger partial charge >= 0.3 is 17.9 Å². The normalized spacial score (nSPS) is 33.0. The number of aromatic nitrogens is 1. The Balaban J connectivity index is 1.13. The summed E-state index contributed by atoms with van der Waals surface area (Å²) in [5, 5.41) is 18.8. The molecule has 5 aliphatic heterocycles. The lowest BCUT2D eigenvalue weighted by atomic mass is 9.47. The molecular weight excluding hydrogens is 891 g/mol. The number of amides is 1. The topological polar surface area (TPSA) is 176 Å². The summed E-state index contributed by atoms with van der Waals surface area (Å²) in [6, 6.07) is 18.4. The van der Waals surface area contributed by atoms with Crippen molar-refractivity contribution in [3.63, 3.8) is 0 Å². The minimum atomic E-state index is -2.34. The number of aromatic amines is 1. The fraction of sp³-hybridized carbons (Fsp3) is 0.491. The van der Waals surface area contributed by atoms with Gasteiger partial charge in [0.05, 0.1) is 38.5 Å². The maximum absolute atomic E-state index is 15.8. The number of nitrogens with one attached hydrogen (secondary N) is 2. The number of H-pyrrole nitrogens is 1. The summed E-state index contributed by atoms with van der Waals surface area (Å²) >= 11 is 0. The molecule has 2 bridgehead atoms. The molecule has 70 heavy (non-hydrogen) atoms. The van der Waals surface area contributed by atoms with Crippen molar-refractivity contribution in [2.75, 3.05) is 66.0 Å². The second-order valence-corrected chi connectivity index (χ2v) is 20.9. The number of ether oxygens (including phenoxy) is 4. The number of carbonyl (C=O) groups is 4. The molecule has 1 unspecified atom stereocenters. The van der Waals surface area contributed by atoms with Gasteiger partial charge in [-0.15, -0.1) is 0 Å². The summed E-state index contributed by atoms with van der Waals surface area (Å²) in [4.78, 5) is 68.5. The summed E-state index contributed by atoms with van der Waals surface area (Å²) in [7, 11) is 6.16. The number of furan rings is 1. The highest BCUT2D eigenvalue weighted by molar-refractivity contribution is 6.06. The van der Waals surface area contributed by atoms with Crippen LogP contribution in [0.25, 0.3) is 21.9 Å². The van der Waals surface area contributed by atoms with Gasteiger partial charge in [0.1, 0.15) is 23.0 Å². The van der Waals surface area contributed by atoms with Gasteiger partial charge in [0.15, 0.2) is 6.10 Å². The average Bonchev–Trinajstić information content (AvgIpc) is 4.15. The molecule has 3 N–H and O–H groups in total. The smallest absolute Gasteiger partial charge is 0.344 e. The number of hydrogen-bond donors (Lipinski definition) is 3. The summed E-state index contributed by atoms with van der Waals surface area (Å²) < 4.78 is 30.1. The fourth-order valence-electron chi connectivity index (χ4n) is 15.2. The van der Waals surface area contributed by atoms with Crippen LogP contribution in [-0.2, 0) is 45.8 Å². The Labute approximate surface area is 407 Å². The van der Waals surface area contributed by atoms with E-state index in [4.69, 9.17) is 23.4 Å². The minimum absolute atomic E-state index is 0.153. The van der Waals surface area contributed by atoms with Crippen molar-refractivity contribution in [3.8, 4) is 5.75 Å². The molecule has 5 aromatic rings. The minimum Gasteiger partial charge on any atom is -0.496 e. The number of likely N-dealkylation sites (N-methyl/N-ethyl adjacent to an activating group) is 1. The second-order valence-electron chi connectivity index (χ2n) is 20.9. The number of nitrogens with zero attached hydrogens (tertiary/aromatic N) is 3. The molecule has 3 aromatic carbocycles. The molecule has 11 rings (SSSR count). The highest BCUT2D eigenvalue weighted by atomic mass is 16.6. The van der Waals surface area contributed by atoms with E-state index in [2.05, 4.69) is 51.3 Å². The fourth-order valence-corrected chi connectivity index (χ4v) is 15.2. The quantitative estimate of drug-likeness (QED) is 0.0870. The molecule has 3 fully saturated rings. The van der Waals surface area contributed by atoms with E-state index in [1.807, 2.05) is 67.4 Å². The van der Waals surface area contributed by atoms with E-state index in [0.717, 1.165) is 38.8 Å². The van der Waals surface area contributed by atoms with Crippen LogP contribution in [0.3, 0.4) is 0 Å². The second kappa shape index (κ2) is 16.5. The zero-order valence-electron chi connectivity index (χ0n) is 41.1. The van der Waals surface area contributed by atoms with Gasteiger partial charge in [-0.25, -0.2) is 4.79 Å². The molecular formula is C55H63N5O10. The monoisotopic (exact) mass is 953 g/mol. The Morgan fingerprint density at radius 2 is 1.67 bits per heavy atom. The number of benzene rings is 3. The molecule has 2 saturated heterocycles. The molecule has 0 radical (unpaired) electrons. The highest BCUT2D eigenvalue weighted by Gasteiger charge is 2.80. The van der Waals surface area contributed by atoms with Crippen LogP contribution < -0.4 is 15.0 Å². The van der Waals surface area contributed by atoms with Crippen LogP contribution in [0.1, 0.15) is 85.6 Å². The van der Waals surface area contributed by atoms with Gasteiger partial charge in [-0.1, -0.05) is 62.4 Å². The molecule has 1 spiro atoms. The predicted molar refractivity (Wildman–Crippen MR) is 262 cm³/mol. The van der Waals surface area contributed by atoms with Crippen molar-refractivity contribution in [1.82, 2.24) is 20.1 Å². The molecule has 1 amide bonds. The summed E-state index contributed by atoms with van der Waals surface area (Å²) in [5.41, 5.74) is -0.567. The number of anilines is 1. The molecule has 10 atom stereocenters. The van der Waals surface area contributed by atoms with Crippen molar-refractivity contribution >= 4 is 51.4 Å². The van der Waals surface area contributed by atoms with Gasteiger partial charge in [0, 0.05) is 96.3 Å². The van der Waals surface area contributed by atoms with E-state index in [1.165, 1.54) is 27.4 Å². The maximum atomic E-state index is 15.8. The lowest BCUT2D eigenvalue weighted by Gasteiger charge is -2.63. The first-order valence-corrected chi connectivity index (χ1v) is 24.7. The SMILES string of the molecule is CC[C@]1(NC(=O)c2coc3ccccc23)C[C@H]2CN(CCc3c([nH]c4ccccc34)[C@@](C(=O)OC)(c3cc4c(cc3OC)N(C)[C@H]3[C@@](O)(C(=O)OC)[C@H](OC(C)=O)[C@]5(CC)C=CCN6CC[C@]43[C@@H]65)C2)C1. The van der Waals surface area contributed by atoms with E-state index in [0.29, 0.717) is 93.7 Å². The molecule has 15 heteroatoms. The number of para-hydroxylation sites is 2. The number of rotatable bonds is 9. The highest BCUT2D eigenvalue weighted by Crippen LogP contribution is 2.68. The van der Waals surface area contributed by atoms with Crippen LogP contribution in [0.4, 0.5) is 5.69 Å². The van der Waals surface area contributed by atoms with Gasteiger partial charge in [0.25, 0.3) is 5.91 Å². The van der Waals surface area contributed by atoms with Gasteiger partial charge < -0.3 is 48.6 Å². The number of hydrogen-bond acceptors (Lipinski definition) is 13. The van der Waals surface area contributed by atoms with Crippen molar-refractivity contribution in [2.45, 2.75) is 99.5 Å². The van der Waals surface area contributed by atoms with Crippen LogP contribution >= 0.6 is 0 Å². The van der Waals surface area contributed by atoms with Crippen LogP contribution in [-0.4, -0.2) is 134 Å². The lowest BCUT2D eigenvalue weighted by molar-refractivity contribution is -0.228. The van der Waals surface area contributed by atoms with Crippen LogP contribution in [0.2, 0.25) is 0 Å². The molecule has 15 nitrogen and oxygen atoms in total. The van der Waals surface area contributed by atoms with Gasteiger partial charge in [-0.05, 0) is 80.3 Å². The van der Waals surface area contributed by atoms with E-state index in [1.54, 1.807) is 7.11 Å². The molecule has 1 saturated carbocycles. The van der Waals surface area contributed by atoms with Crippen LogP contribution in [0.15, 0.2) is 83.5 Å². The standard InChI is InChI=1S/C55H63N5O10/c1-8-51(57-45(62)37-30-69-42-18-13-11-16-35(37)42)27-33-28-54(49(63)67-6,44-36(19-23-59(29-33)31-51)34-15-10-12-17-40(34)56-44)39-25-38-41(26-43(39)66-5)58(4)47-53(38)21-24-60-22-14-20-52(9-2,46(53)60)48(70-32(3)61)55(47,65)50(64)68-7/h10-18,20,25-26,30,33,46-48,56,65H,8-9,19,21-24,27-29,31H2,1-7H3,(H,57,62)/t33-,46+,47-,48-,51+,52-,53-,54+,55+/m1/s1. The van der Waals surface area contributed by atoms with Gasteiger partial charge in [-0.2, -0.15) is 0 Å². The first-order valence-electron chi connectivity index (χ1n) is 24.7. The summed E-state index contributed by atoms with van der Waals surface area (Å²) in [6.45, 7) is 8.65. The van der Waals surface area contributed by atoms with Crippen LogP contribution in [0.5, 0.6) is 5.75 Å². The lowest BCUT2D eigenvalue weighted by Crippen LogP contribution is -2.81. The van der Waals surface area contributed by atoms with Crippen molar-refractivity contribution in [2.24, 2.45) is 11.3 Å². The molecule has 7 heterocycles. The number of fused-ring (bicyclic) bond motifs is 7. The van der Waals surface area contributed by atoms with Crippen molar-refractivity contribution < 1.29 is 47.6 Å². The Morgan fingerprint density at radius 3 is 2.40 bits per heavy atom. The summed E-state index contributed by atoms with van der Waals surface area (Å²) in [5.74, 6) is -1.90. The predicted octanol–water partition coefficient (Wildman–Crippen LogP) is 6.17. The third-order valence-electron chi connectivity index (χ3n) is 17.7. The van der Waals surface area contributed by atoms with E-state index >= 15 is 4.79 Å². The first-order chi connectivity index (χ1) is 33.7. The molecule has 1 aliphatic carbocycles. The molecule has 368 valence electrons.